The molecule has 2 amide bonds. The third-order valence-electron chi connectivity index (χ3n) is 4.08. The Morgan fingerprint density at radius 2 is 1.83 bits per heavy atom. The van der Waals surface area contributed by atoms with Gasteiger partial charge in [0, 0.05) is 38.9 Å². The summed E-state index contributed by atoms with van der Waals surface area (Å²) in [4.78, 5) is 23.4. The molecule has 1 aliphatic heterocycles. The van der Waals surface area contributed by atoms with Gasteiger partial charge in [0.15, 0.2) is 0 Å². The lowest BCUT2D eigenvalue weighted by Gasteiger charge is -2.34. The molecule has 1 aromatic rings. The molecule has 0 bridgehead atoms. The van der Waals surface area contributed by atoms with Crippen LogP contribution in [0.5, 0.6) is 0 Å². The lowest BCUT2D eigenvalue weighted by atomic mass is 9.79. The third-order valence-corrected chi connectivity index (χ3v) is 4.08. The molecule has 1 aliphatic rings. The van der Waals surface area contributed by atoms with Crippen molar-refractivity contribution < 1.29 is 14.3 Å². The van der Waals surface area contributed by atoms with Crippen LogP contribution >= 0.6 is 12.4 Å². The van der Waals surface area contributed by atoms with E-state index in [1.807, 2.05) is 24.3 Å². The Bertz CT molecular complexity index is 528. The highest BCUT2D eigenvalue weighted by Gasteiger charge is 2.38. The van der Waals surface area contributed by atoms with Crippen LogP contribution in [0.25, 0.3) is 0 Å². The topological polar surface area (TPSA) is 93.5 Å². The van der Waals surface area contributed by atoms with Crippen molar-refractivity contribution in [1.29, 1.82) is 0 Å². The van der Waals surface area contributed by atoms with Crippen LogP contribution in [0.2, 0.25) is 0 Å². The van der Waals surface area contributed by atoms with Crippen LogP contribution < -0.4 is 16.4 Å². The Morgan fingerprint density at radius 1 is 1.22 bits per heavy atom. The minimum absolute atomic E-state index is 0. The van der Waals surface area contributed by atoms with Crippen LogP contribution in [0.1, 0.15) is 25.3 Å². The normalized spacial score (nSPS) is 16.1. The second-order valence-electron chi connectivity index (χ2n) is 5.66. The predicted octanol–water partition coefficient (Wildman–Crippen LogP) is 1.44. The Hall–Kier alpha value is -1.63. The summed E-state index contributed by atoms with van der Waals surface area (Å²) in [5.74, 6) is -0.116. The number of ether oxygens (including phenoxy) is 1. The van der Waals surface area contributed by atoms with Crippen molar-refractivity contribution in [3.63, 3.8) is 0 Å². The summed E-state index contributed by atoms with van der Waals surface area (Å²) in [7, 11) is 0. The van der Waals surface area contributed by atoms with Gasteiger partial charge in [0.2, 0.25) is 11.8 Å². The molecule has 7 heteroatoms. The van der Waals surface area contributed by atoms with Gasteiger partial charge in [0.05, 0.1) is 5.41 Å². The van der Waals surface area contributed by atoms with Gasteiger partial charge in [0.25, 0.3) is 0 Å². The number of rotatable bonds is 5. The standard InChI is InChI=1S/C16H23N3O3.ClH/c1-12(20)18-10-13-2-4-14(5-3-13)19-15(21)16(11-17)6-8-22-9-7-16;/h2-5H,6-11,17H2,1H3,(H,18,20)(H,19,21);1H. The zero-order chi connectivity index (χ0) is 16.0. The first-order valence-corrected chi connectivity index (χ1v) is 7.48. The monoisotopic (exact) mass is 341 g/mol. The molecular weight excluding hydrogens is 318 g/mol. The molecule has 0 spiro atoms. The maximum Gasteiger partial charge on any atom is 0.232 e. The fraction of sp³-hybridized carbons (Fsp3) is 0.500. The SMILES string of the molecule is CC(=O)NCc1ccc(NC(=O)C2(CN)CCOCC2)cc1.Cl. The molecule has 1 aromatic carbocycles. The largest absolute Gasteiger partial charge is 0.381 e. The molecule has 0 aliphatic carbocycles. The van der Waals surface area contributed by atoms with E-state index in [1.165, 1.54) is 6.92 Å². The highest BCUT2D eigenvalue weighted by molar-refractivity contribution is 5.95. The molecule has 1 heterocycles. The average molecular weight is 342 g/mol. The molecule has 1 fully saturated rings. The smallest absolute Gasteiger partial charge is 0.232 e. The lowest BCUT2D eigenvalue weighted by Crippen LogP contribution is -2.46. The minimum atomic E-state index is -0.535. The van der Waals surface area contributed by atoms with Crippen molar-refractivity contribution in [2.24, 2.45) is 11.1 Å². The molecule has 2 rings (SSSR count). The van der Waals surface area contributed by atoms with Crippen molar-refractivity contribution in [1.82, 2.24) is 5.32 Å². The number of carbonyl (C=O) groups is 2. The van der Waals surface area contributed by atoms with E-state index in [2.05, 4.69) is 10.6 Å². The first-order chi connectivity index (χ1) is 10.6. The molecule has 23 heavy (non-hydrogen) atoms. The van der Waals surface area contributed by atoms with Crippen LogP contribution in [0.3, 0.4) is 0 Å². The van der Waals surface area contributed by atoms with Gasteiger partial charge in [-0.05, 0) is 30.5 Å². The van der Waals surface area contributed by atoms with E-state index in [-0.39, 0.29) is 24.2 Å². The molecule has 4 N–H and O–H groups in total. The first kappa shape index (κ1) is 19.4. The molecule has 1 saturated heterocycles. The van der Waals surface area contributed by atoms with Crippen LogP contribution in [-0.4, -0.2) is 31.6 Å². The number of benzene rings is 1. The van der Waals surface area contributed by atoms with Crippen molar-refractivity contribution in [3.05, 3.63) is 29.8 Å². The summed E-state index contributed by atoms with van der Waals surface area (Å²) in [5, 5.41) is 5.67. The van der Waals surface area contributed by atoms with Gasteiger partial charge in [0.1, 0.15) is 0 Å². The third kappa shape index (κ3) is 5.20. The summed E-state index contributed by atoms with van der Waals surface area (Å²) in [6.45, 7) is 3.42. The van der Waals surface area contributed by atoms with Gasteiger partial charge in [-0.15, -0.1) is 12.4 Å². The fourth-order valence-corrected chi connectivity index (χ4v) is 2.48. The number of anilines is 1. The summed E-state index contributed by atoms with van der Waals surface area (Å²) >= 11 is 0. The van der Waals surface area contributed by atoms with Gasteiger partial charge in [-0.2, -0.15) is 0 Å². The number of hydrogen-bond acceptors (Lipinski definition) is 4. The molecule has 0 unspecified atom stereocenters. The quantitative estimate of drug-likeness (QED) is 0.755. The van der Waals surface area contributed by atoms with E-state index < -0.39 is 5.41 Å². The van der Waals surface area contributed by atoms with Crippen LogP contribution in [-0.2, 0) is 20.9 Å². The maximum atomic E-state index is 12.5. The highest BCUT2D eigenvalue weighted by atomic mass is 35.5. The molecule has 128 valence electrons. The van der Waals surface area contributed by atoms with Crippen LogP contribution in [0.15, 0.2) is 24.3 Å². The second kappa shape index (κ2) is 8.86. The lowest BCUT2D eigenvalue weighted by molar-refractivity contribution is -0.130. The molecule has 0 atom stereocenters. The fourth-order valence-electron chi connectivity index (χ4n) is 2.48. The molecule has 0 aromatic heterocycles. The molecule has 0 saturated carbocycles. The van der Waals surface area contributed by atoms with Crippen molar-refractivity contribution >= 4 is 29.9 Å². The van der Waals surface area contributed by atoms with Crippen molar-refractivity contribution in [3.8, 4) is 0 Å². The molecule has 0 radical (unpaired) electrons. The predicted molar refractivity (Wildman–Crippen MR) is 91.4 cm³/mol. The number of amides is 2. The van der Waals surface area contributed by atoms with E-state index in [9.17, 15) is 9.59 Å². The number of nitrogens with two attached hydrogens (primary N) is 1. The second-order valence-corrected chi connectivity index (χ2v) is 5.66. The zero-order valence-corrected chi connectivity index (χ0v) is 14.1. The number of hydrogen-bond donors (Lipinski definition) is 3. The van der Waals surface area contributed by atoms with E-state index in [0.717, 1.165) is 11.3 Å². The van der Waals surface area contributed by atoms with Crippen LogP contribution in [0.4, 0.5) is 5.69 Å². The summed E-state index contributed by atoms with van der Waals surface area (Å²) < 4.78 is 5.32. The Balaban J connectivity index is 0.00000264. The Labute approximate surface area is 142 Å². The van der Waals surface area contributed by atoms with E-state index in [0.29, 0.717) is 39.1 Å². The minimum Gasteiger partial charge on any atom is -0.381 e. The van der Waals surface area contributed by atoms with Crippen molar-refractivity contribution in [2.45, 2.75) is 26.3 Å². The van der Waals surface area contributed by atoms with E-state index >= 15 is 0 Å². The van der Waals surface area contributed by atoms with Gasteiger partial charge in [-0.3, -0.25) is 9.59 Å². The van der Waals surface area contributed by atoms with Gasteiger partial charge in [-0.25, -0.2) is 0 Å². The van der Waals surface area contributed by atoms with E-state index in [1.54, 1.807) is 0 Å². The van der Waals surface area contributed by atoms with Gasteiger partial charge >= 0.3 is 0 Å². The number of carbonyl (C=O) groups excluding carboxylic acids is 2. The number of nitrogens with one attached hydrogen (secondary N) is 2. The van der Waals surface area contributed by atoms with Crippen LogP contribution in [0, 0.1) is 5.41 Å². The summed E-state index contributed by atoms with van der Waals surface area (Å²) in [5.41, 5.74) is 7.01. The molecular formula is C16H24ClN3O3. The van der Waals surface area contributed by atoms with Gasteiger partial charge < -0.3 is 21.1 Å². The van der Waals surface area contributed by atoms with Crippen molar-refractivity contribution in [2.75, 3.05) is 25.1 Å². The zero-order valence-electron chi connectivity index (χ0n) is 13.3. The number of halogens is 1. The maximum absolute atomic E-state index is 12.5. The Kier molecular flexibility index (Phi) is 7.48. The average Bonchev–Trinajstić information content (AvgIpc) is 2.54. The summed E-state index contributed by atoms with van der Waals surface area (Å²) in [6, 6.07) is 7.42. The molecule has 6 nitrogen and oxygen atoms in total. The summed E-state index contributed by atoms with van der Waals surface area (Å²) in [6.07, 6.45) is 1.30. The highest BCUT2D eigenvalue weighted by Crippen LogP contribution is 2.30. The van der Waals surface area contributed by atoms with E-state index in [4.69, 9.17) is 10.5 Å². The Morgan fingerprint density at radius 3 is 2.35 bits per heavy atom. The first-order valence-electron chi connectivity index (χ1n) is 7.48. The van der Waals surface area contributed by atoms with Gasteiger partial charge in [-0.1, -0.05) is 12.1 Å².